The van der Waals surface area contributed by atoms with E-state index < -0.39 is 6.10 Å². The molecule has 2 aliphatic heterocycles. The van der Waals surface area contributed by atoms with Crippen LogP contribution in [-0.2, 0) is 16.0 Å². The van der Waals surface area contributed by atoms with Crippen molar-refractivity contribution >= 4 is 29.0 Å². The predicted octanol–water partition coefficient (Wildman–Crippen LogP) is 2.98. The number of carbonyl (C=O) groups is 3. The number of nitrogens with zero attached hydrogens (tertiary/aromatic N) is 2. The van der Waals surface area contributed by atoms with Crippen LogP contribution in [0.2, 0.25) is 0 Å². The monoisotopic (exact) mass is 378 g/mol. The fourth-order valence-corrected chi connectivity index (χ4v) is 3.80. The molecule has 1 unspecified atom stereocenters. The van der Waals surface area contributed by atoms with E-state index in [4.69, 9.17) is 4.74 Å². The van der Waals surface area contributed by atoms with E-state index in [2.05, 4.69) is 0 Å². The van der Waals surface area contributed by atoms with Gasteiger partial charge in [-0.05, 0) is 56.5 Å². The van der Waals surface area contributed by atoms with Crippen molar-refractivity contribution in [3.63, 3.8) is 0 Å². The minimum absolute atomic E-state index is 0.0881. The minimum atomic E-state index is -0.683. The zero-order chi connectivity index (χ0) is 19.8. The van der Waals surface area contributed by atoms with E-state index in [-0.39, 0.29) is 24.1 Å². The third kappa shape index (κ3) is 3.15. The van der Waals surface area contributed by atoms with Crippen LogP contribution in [0.3, 0.4) is 0 Å². The van der Waals surface area contributed by atoms with Gasteiger partial charge in [0.05, 0.1) is 5.69 Å². The molecule has 0 spiro atoms. The number of anilines is 2. The minimum Gasteiger partial charge on any atom is -0.479 e. The molecule has 144 valence electrons. The Labute approximate surface area is 163 Å². The average Bonchev–Trinajstić information content (AvgIpc) is 2.70. The molecule has 0 saturated heterocycles. The van der Waals surface area contributed by atoms with E-state index in [9.17, 15) is 14.4 Å². The Morgan fingerprint density at radius 2 is 1.93 bits per heavy atom. The SMILES string of the molecule is CC(=O)c1ccc2c(c1)N(CC(=O)N1CCCc3ccccc31)C(=O)C(C)O2. The number of aryl methyl sites for hydroxylation is 1. The molecule has 2 aliphatic rings. The highest BCUT2D eigenvalue weighted by atomic mass is 16.5. The van der Waals surface area contributed by atoms with Gasteiger partial charge in [-0.25, -0.2) is 0 Å². The number of ether oxygens (including phenoxy) is 1. The van der Waals surface area contributed by atoms with Crippen molar-refractivity contribution in [1.29, 1.82) is 0 Å². The third-order valence-corrected chi connectivity index (χ3v) is 5.28. The maximum atomic E-state index is 13.1. The van der Waals surface area contributed by atoms with Crippen LogP contribution < -0.4 is 14.5 Å². The molecule has 2 aromatic carbocycles. The molecule has 1 atom stereocenters. The lowest BCUT2D eigenvalue weighted by Crippen LogP contribution is -2.50. The summed E-state index contributed by atoms with van der Waals surface area (Å²) in [5.41, 5.74) is 2.99. The van der Waals surface area contributed by atoms with Gasteiger partial charge in [0.15, 0.2) is 11.9 Å². The zero-order valence-electron chi connectivity index (χ0n) is 16.0. The number of amides is 2. The first-order valence-corrected chi connectivity index (χ1v) is 9.47. The number of ketones is 1. The van der Waals surface area contributed by atoms with Crippen molar-refractivity contribution in [2.75, 3.05) is 22.9 Å². The van der Waals surface area contributed by atoms with Crippen LogP contribution in [0.4, 0.5) is 11.4 Å². The van der Waals surface area contributed by atoms with E-state index >= 15 is 0 Å². The Morgan fingerprint density at radius 1 is 1.14 bits per heavy atom. The van der Waals surface area contributed by atoms with Gasteiger partial charge < -0.3 is 9.64 Å². The molecule has 2 amide bonds. The summed E-state index contributed by atoms with van der Waals surface area (Å²) in [5.74, 6) is -0.0327. The molecule has 0 radical (unpaired) electrons. The lowest BCUT2D eigenvalue weighted by atomic mass is 10.0. The fourth-order valence-electron chi connectivity index (χ4n) is 3.80. The lowest BCUT2D eigenvalue weighted by Gasteiger charge is -2.35. The second kappa shape index (κ2) is 7.11. The van der Waals surface area contributed by atoms with Crippen molar-refractivity contribution < 1.29 is 19.1 Å². The van der Waals surface area contributed by atoms with Gasteiger partial charge in [-0.15, -0.1) is 0 Å². The zero-order valence-corrected chi connectivity index (χ0v) is 16.0. The van der Waals surface area contributed by atoms with Crippen LogP contribution in [0.1, 0.15) is 36.2 Å². The van der Waals surface area contributed by atoms with Crippen molar-refractivity contribution in [1.82, 2.24) is 0 Å². The van der Waals surface area contributed by atoms with Gasteiger partial charge in [0.2, 0.25) is 5.91 Å². The highest BCUT2D eigenvalue weighted by molar-refractivity contribution is 6.08. The largest absolute Gasteiger partial charge is 0.479 e. The van der Waals surface area contributed by atoms with Crippen molar-refractivity contribution in [2.24, 2.45) is 0 Å². The summed E-state index contributed by atoms with van der Waals surface area (Å²) >= 11 is 0. The Balaban J connectivity index is 1.66. The Bertz CT molecular complexity index is 969. The topological polar surface area (TPSA) is 66.9 Å². The fraction of sp³-hybridized carbons (Fsp3) is 0.318. The van der Waals surface area contributed by atoms with E-state index in [1.807, 2.05) is 24.3 Å². The van der Waals surface area contributed by atoms with Crippen molar-refractivity contribution in [3.8, 4) is 5.75 Å². The first-order valence-electron chi connectivity index (χ1n) is 9.47. The number of hydrogen-bond donors (Lipinski definition) is 0. The van der Waals surface area contributed by atoms with Crippen molar-refractivity contribution in [3.05, 3.63) is 53.6 Å². The number of para-hydroxylation sites is 1. The number of fused-ring (bicyclic) bond motifs is 2. The lowest BCUT2D eigenvalue weighted by molar-refractivity contribution is -0.127. The molecular formula is C22H22N2O4. The maximum Gasteiger partial charge on any atom is 0.268 e. The molecule has 6 heteroatoms. The normalized spacial score (nSPS) is 18.2. The first-order chi connectivity index (χ1) is 13.5. The molecule has 2 heterocycles. The Hall–Kier alpha value is -3.15. The van der Waals surface area contributed by atoms with Crippen LogP contribution in [-0.4, -0.2) is 36.8 Å². The van der Waals surface area contributed by atoms with Crippen LogP contribution in [0, 0.1) is 0 Å². The molecule has 0 N–H and O–H groups in total. The second-order valence-electron chi connectivity index (χ2n) is 7.20. The molecule has 0 saturated carbocycles. The number of carbonyl (C=O) groups excluding carboxylic acids is 3. The third-order valence-electron chi connectivity index (χ3n) is 5.28. The van der Waals surface area contributed by atoms with Gasteiger partial charge in [0.25, 0.3) is 5.91 Å². The van der Waals surface area contributed by atoms with Crippen LogP contribution >= 0.6 is 0 Å². The molecule has 0 aliphatic carbocycles. The van der Waals surface area contributed by atoms with Gasteiger partial charge in [-0.2, -0.15) is 0 Å². The molecule has 4 rings (SSSR count). The van der Waals surface area contributed by atoms with E-state index in [0.717, 1.165) is 24.1 Å². The van der Waals surface area contributed by atoms with Gasteiger partial charge in [-0.3, -0.25) is 19.3 Å². The Morgan fingerprint density at radius 3 is 2.71 bits per heavy atom. The Kier molecular flexibility index (Phi) is 4.63. The smallest absolute Gasteiger partial charge is 0.268 e. The molecule has 28 heavy (non-hydrogen) atoms. The molecule has 6 nitrogen and oxygen atoms in total. The van der Waals surface area contributed by atoms with Gasteiger partial charge in [-0.1, -0.05) is 18.2 Å². The standard InChI is InChI=1S/C22H22N2O4/c1-14(25)17-9-10-20-19(12-17)24(22(27)15(2)28-20)13-21(26)23-11-5-7-16-6-3-4-8-18(16)23/h3-4,6,8-10,12,15H,5,7,11,13H2,1-2H3. The van der Waals surface area contributed by atoms with E-state index in [1.54, 1.807) is 30.0 Å². The van der Waals surface area contributed by atoms with E-state index in [1.165, 1.54) is 11.8 Å². The van der Waals surface area contributed by atoms with Gasteiger partial charge in [0, 0.05) is 17.8 Å². The average molecular weight is 378 g/mol. The first kappa shape index (κ1) is 18.2. The number of Topliss-reactive ketones (excluding diaryl/α,β-unsaturated/α-hetero) is 1. The van der Waals surface area contributed by atoms with Gasteiger partial charge in [0.1, 0.15) is 12.3 Å². The second-order valence-corrected chi connectivity index (χ2v) is 7.20. The predicted molar refractivity (Wildman–Crippen MR) is 106 cm³/mol. The molecule has 0 bridgehead atoms. The van der Waals surface area contributed by atoms with Crippen LogP contribution in [0.15, 0.2) is 42.5 Å². The van der Waals surface area contributed by atoms with Crippen molar-refractivity contribution in [2.45, 2.75) is 32.8 Å². The highest BCUT2D eigenvalue weighted by Crippen LogP contribution is 2.35. The number of hydrogen-bond acceptors (Lipinski definition) is 4. The number of benzene rings is 2. The summed E-state index contributed by atoms with van der Waals surface area (Å²) in [4.78, 5) is 40.9. The van der Waals surface area contributed by atoms with Crippen LogP contribution in [0.5, 0.6) is 5.75 Å². The quantitative estimate of drug-likeness (QED) is 0.770. The summed E-state index contributed by atoms with van der Waals surface area (Å²) in [7, 11) is 0. The molecule has 0 aromatic heterocycles. The maximum absolute atomic E-state index is 13.1. The summed E-state index contributed by atoms with van der Waals surface area (Å²) in [6.45, 7) is 3.67. The molecule has 0 fully saturated rings. The summed E-state index contributed by atoms with van der Waals surface area (Å²) in [5, 5.41) is 0. The van der Waals surface area contributed by atoms with E-state index in [0.29, 0.717) is 23.5 Å². The molecular weight excluding hydrogens is 356 g/mol. The summed E-state index contributed by atoms with van der Waals surface area (Å²) in [6, 6.07) is 12.8. The summed E-state index contributed by atoms with van der Waals surface area (Å²) < 4.78 is 5.66. The number of rotatable bonds is 3. The highest BCUT2D eigenvalue weighted by Gasteiger charge is 2.35. The van der Waals surface area contributed by atoms with Gasteiger partial charge >= 0.3 is 0 Å². The van der Waals surface area contributed by atoms with Crippen LogP contribution in [0.25, 0.3) is 0 Å². The summed E-state index contributed by atoms with van der Waals surface area (Å²) in [6.07, 6.45) is 1.15. The molecule has 2 aromatic rings.